The molecule has 2 nitrogen and oxygen atoms in total. The van der Waals surface area contributed by atoms with E-state index in [4.69, 9.17) is 0 Å². The van der Waals surface area contributed by atoms with Gasteiger partial charge in [-0.2, -0.15) is 0 Å². The van der Waals surface area contributed by atoms with Crippen molar-refractivity contribution in [3.63, 3.8) is 0 Å². The summed E-state index contributed by atoms with van der Waals surface area (Å²) >= 11 is 0. The van der Waals surface area contributed by atoms with Crippen LogP contribution < -0.4 is 0 Å². The summed E-state index contributed by atoms with van der Waals surface area (Å²) in [6.45, 7) is 10.7. The number of nitrogens with zero attached hydrogens (tertiary/aromatic N) is 1. The third kappa shape index (κ3) is 2.81. The number of Topliss-reactive ketones (excluding diaryl/α,β-unsaturated/α-hetero) is 1. The Morgan fingerprint density at radius 1 is 1.28 bits per heavy atom. The summed E-state index contributed by atoms with van der Waals surface area (Å²) < 4.78 is 0. The van der Waals surface area contributed by atoms with E-state index >= 15 is 0 Å². The molecule has 1 saturated heterocycles. The molecule has 0 bridgehead atoms. The van der Waals surface area contributed by atoms with Crippen molar-refractivity contribution in [2.75, 3.05) is 13.1 Å². The Balaban J connectivity index is 2.07. The number of aryl methyl sites for hydroxylation is 1. The second-order valence-electron chi connectivity index (χ2n) is 6.29. The van der Waals surface area contributed by atoms with Gasteiger partial charge < -0.3 is 0 Å². The molecular formula is C16H23NO. The topological polar surface area (TPSA) is 20.3 Å². The summed E-state index contributed by atoms with van der Waals surface area (Å²) in [6, 6.07) is 7.89. The van der Waals surface area contributed by atoms with Crippen LogP contribution in [0.3, 0.4) is 0 Å². The number of carbonyl (C=O) groups excluding carboxylic acids is 1. The van der Waals surface area contributed by atoms with Gasteiger partial charge in [0.05, 0.1) is 6.04 Å². The number of benzene rings is 1. The van der Waals surface area contributed by atoms with E-state index < -0.39 is 0 Å². The first kappa shape index (κ1) is 13.3. The van der Waals surface area contributed by atoms with Crippen molar-refractivity contribution < 1.29 is 4.79 Å². The summed E-state index contributed by atoms with van der Waals surface area (Å²) in [5.41, 5.74) is 2.38. The van der Waals surface area contributed by atoms with Crippen LogP contribution in [0.2, 0.25) is 0 Å². The Kier molecular flexibility index (Phi) is 3.58. The number of likely N-dealkylation sites (tertiary alicyclic amines) is 1. The van der Waals surface area contributed by atoms with Crippen LogP contribution in [-0.4, -0.2) is 29.8 Å². The van der Waals surface area contributed by atoms with Gasteiger partial charge in [-0.25, -0.2) is 0 Å². The predicted molar refractivity (Wildman–Crippen MR) is 74.9 cm³/mol. The van der Waals surface area contributed by atoms with Crippen molar-refractivity contribution >= 4 is 5.78 Å². The SMILES string of the molecule is Cc1ccc(C(=O)C(C)N2CCC(C)(C)C2)cc1. The highest BCUT2D eigenvalue weighted by Gasteiger charge is 2.34. The van der Waals surface area contributed by atoms with E-state index in [1.165, 1.54) is 12.0 Å². The van der Waals surface area contributed by atoms with Gasteiger partial charge >= 0.3 is 0 Å². The van der Waals surface area contributed by atoms with E-state index in [9.17, 15) is 4.79 Å². The molecule has 1 aliphatic heterocycles. The van der Waals surface area contributed by atoms with E-state index in [1.807, 2.05) is 38.1 Å². The Bertz CT molecular complexity index is 433. The highest BCUT2D eigenvalue weighted by molar-refractivity contribution is 5.99. The summed E-state index contributed by atoms with van der Waals surface area (Å²) in [7, 11) is 0. The molecule has 0 spiro atoms. The fraction of sp³-hybridized carbons (Fsp3) is 0.562. The summed E-state index contributed by atoms with van der Waals surface area (Å²) in [4.78, 5) is 14.7. The summed E-state index contributed by atoms with van der Waals surface area (Å²) in [5, 5.41) is 0. The normalized spacial score (nSPS) is 20.9. The van der Waals surface area contributed by atoms with Crippen molar-refractivity contribution in [2.24, 2.45) is 5.41 Å². The fourth-order valence-electron chi connectivity index (χ4n) is 2.61. The molecule has 1 aromatic carbocycles. The van der Waals surface area contributed by atoms with Gasteiger partial charge in [0.15, 0.2) is 5.78 Å². The minimum absolute atomic E-state index is 0.00511. The van der Waals surface area contributed by atoms with Crippen LogP contribution in [0.1, 0.15) is 43.1 Å². The Morgan fingerprint density at radius 3 is 2.39 bits per heavy atom. The van der Waals surface area contributed by atoms with Gasteiger partial charge in [0.25, 0.3) is 0 Å². The highest BCUT2D eigenvalue weighted by atomic mass is 16.1. The molecule has 0 saturated carbocycles. The van der Waals surface area contributed by atoms with Gasteiger partial charge in [0.2, 0.25) is 0 Å². The largest absolute Gasteiger partial charge is 0.293 e. The lowest BCUT2D eigenvalue weighted by molar-refractivity contribution is 0.0857. The van der Waals surface area contributed by atoms with Crippen molar-refractivity contribution in [2.45, 2.75) is 40.2 Å². The molecule has 0 aromatic heterocycles. The molecule has 2 heteroatoms. The third-order valence-corrected chi connectivity index (χ3v) is 3.97. The number of hydrogen-bond donors (Lipinski definition) is 0. The van der Waals surface area contributed by atoms with Crippen molar-refractivity contribution in [3.05, 3.63) is 35.4 Å². The zero-order valence-electron chi connectivity index (χ0n) is 11.9. The molecular weight excluding hydrogens is 222 g/mol. The van der Waals surface area contributed by atoms with Gasteiger partial charge in [-0.1, -0.05) is 43.7 Å². The van der Waals surface area contributed by atoms with Crippen LogP contribution in [0.5, 0.6) is 0 Å². The first-order valence-electron chi connectivity index (χ1n) is 6.74. The van der Waals surface area contributed by atoms with E-state index in [0.717, 1.165) is 18.7 Å². The molecule has 0 amide bonds. The van der Waals surface area contributed by atoms with E-state index in [-0.39, 0.29) is 11.8 Å². The maximum atomic E-state index is 12.4. The van der Waals surface area contributed by atoms with Gasteiger partial charge in [0, 0.05) is 12.1 Å². The van der Waals surface area contributed by atoms with Crippen molar-refractivity contribution in [3.8, 4) is 0 Å². The first-order chi connectivity index (χ1) is 8.39. The lowest BCUT2D eigenvalue weighted by Gasteiger charge is -2.25. The summed E-state index contributed by atoms with van der Waals surface area (Å²) in [6.07, 6.45) is 1.18. The molecule has 0 aliphatic carbocycles. The van der Waals surface area contributed by atoms with Crippen molar-refractivity contribution in [1.82, 2.24) is 4.90 Å². The fourth-order valence-corrected chi connectivity index (χ4v) is 2.61. The minimum atomic E-state index is -0.00511. The molecule has 1 unspecified atom stereocenters. The first-order valence-corrected chi connectivity index (χ1v) is 6.74. The Labute approximate surface area is 110 Å². The average molecular weight is 245 g/mol. The standard InChI is InChI=1S/C16H23NO/c1-12-5-7-14(8-6-12)15(18)13(2)17-10-9-16(3,4)11-17/h5-8,13H,9-11H2,1-4H3. The predicted octanol–water partition coefficient (Wildman–Crippen LogP) is 3.30. The molecule has 1 aromatic rings. The van der Waals surface area contributed by atoms with Gasteiger partial charge in [-0.05, 0) is 32.2 Å². The van der Waals surface area contributed by atoms with Crippen LogP contribution in [0.4, 0.5) is 0 Å². The Morgan fingerprint density at radius 2 is 1.89 bits per heavy atom. The molecule has 1 fully saturated rings. The smallest absolute Gasteiger partial charge is 0.179 e. The second-order valence-corrected chi connectivity index (χ2v) is 6.29. The monoisotopic (exact) mass is 245 g/mol. The van der Waals surface area contributed by atoms with Gasteiger partial charge in [0.1, 0.15) is 0 Å². The Hall–Kier alpha value is -1.15. The van der Waals surface area contributed by atoms with Crippen LogP contribution in [0.25, 0.3) is 0 Å². The van der Waals surface area contributed by atoms with Crippen LogP contribution in [-0.2, 0) is 0 Å². The van der Waals surface area contributed by atoms with E-state index in [0.29, 0.717) is 5.41 Å². The van der Waals surface area contributed by atoms with Crippen LogP contribution in [0, 0.1) is 12.3 Å². The zero-order chi connectivity index (χ0) is 13.3. The maximum Gasteiger partial charge on any atom is 0.179 e. The maximum absolute atomic E-state index is 12.4. The molecule has 0 N–H and O–H groups in total. The van der Waals surface area contributed by atoms with Crippen LogP contribution >= 0.6 is 0 Å². The van der Waals surface area contributed by atoms with Gasteiger partial charge in [-0.15, -0.1) is 0 Å². The molecule has 0 radical (unpaired) electrons. The second kappa shape index (κ2) is 4.85. The number of carbonyl (C=O) groups is 1. The molecule has 2 rings (SSSR count). The van der Waals surface area contributed by atoms with Gasteiger partial charge in [-0.3, -0.25) is 9.69 Å². The lowest BCUT2D eigenvalue weighted by atomic mass is 9.93. The zero-order valence-corrected chi connectivity index (χ0v) is 11.9. The molecule has 1 heterocycles. The van der Waals surface area contributed by atoms with Crippen molar-refractivity contribution in [1.29, 1.82) is 0 Å². The molecule has 98 valence electrons. The lowest BCUT2D eigenvalue weighted by Crippen LogP contribution is -2.38. The minimum Gasteiger partial charge on any atom is -0.293 e. The number of ketones is 1. The summed E-state index contributed by atoms with van der Waals surface area (Å²) in [5.74, 6) is 0.243. The molecule has 1 atom stereocenters. The average Bonchev–Trinajstić information content (AvgIpc) is 2.69. The number of rotatable bonds is 3. The quantitative estimate of drug-likeness (QED) is 0.762. The van der Waals surface area contributed by atoms with E-state index in [1.54, 1.807) is 0 Å². The van der Waals surface area contributed by atoms with Crippen LogP contribution in [0.15, 0.2) is 24.3 Å². The third-order valence-electron chi connectivity index (χ3n) is 3.97. The highest BCUT2D eigenvalue weighted by Crippen LogP contribution is 2.30. The molecule has 18 heavy (non-hydrogen) atoms. The van der Waals surface area contributed by atoms with E-state index in [2.05, 4.69) is 18.7 Å². The molecule has 1 aliphatic rings. The number of hydrogen-bond acceptors (Lipinski definition) is 2.